The van der Waals surface area contributed by atoms with Crippen LogP contribution in [0.5, 0.6) is 0 Å². The maximum Gasteiger partial charge on any atom is 0.331 e. The number of benzene rings is 1. The summed E-state index contributed by atoms with van der Waals surface area (Å²) in [6.07, 6.45) is 4.63. The lowest BCUT2D eigenvalue weighted by molar-refractivity contribution is 0.253. The first kappa shape index (κ1) is 12.6. The lowest BCUT2D eigenvalue weighted by atomic mass is 10.1. The number of nitrogens with zero attached hydrogens (tertiary/aromatic N) is 3. The van der Waals surface area contributed by atoms with Gasteiger partial charge < -0.3 is 5.32 Å². The lowest BCUT2D eigenvalue weighted by Crippen LogP contribution is -2.17. The van der Waals surface area contributed by atoms with Crippen molar-refractivity contribution in [1.82, 2.24) is 14.5 Å². The Balaban J connectivity index is 1.83. The zero-order chi connectivity index (χ0) is 13.9. The molecule has 0 fully saturated rings. The molecule has 0 bridgehead atoms. The van der Waals surface area contributed by atoms with E-state index >= 15 is 0 Å². The van der Waals surface area contributed by atoms with E-state index in [2.05, 4.69) is 15.3 Å². The van der Waals surface area contributed by atoms with Crippen LogP contribution in [0.15, 0.2) is 48.4 Å². The van der Waals surface area contributed by atoms with Crippen molar-refractivity contribution in [2.24, 2.45) is 0 Å². The van der Waals surface area contributed by atoms with Crippen LogP contribution in [0, 0.1) is 6.92 Å². The average Bonchev–Trinajstić information content (AvgIpc) is 3.10. The third-order valence-corrected chi connectivity index (χ3v) is 3.54. The highest BCUT2D eigenvalue weighted by Gasteiger charge is 2.06. The van der Waals surface area contributed by atoms with Crippen LogP contribution in [0.2, 0.25) is 0 Å². The van der Waals surface area contributed by atoms with Crippen LogP contribution in [0.3, 0.4) is 0 Å². The number of hydrogen-bond donors (Lipinski definition) is 1. The molecule has 2 heterocycles. The van der Waals surface area contributed by atoms with E-state index in [9.17, 15) is 4.79 Å². The number of thiazole rings is 1. The average molecular weight is 284 g/mol. The molecule has 0 saturated heterocycles. The number of anilines is 1. The third-order valence-electron chi connectivity index (χ3n) is 2.77. The van der Waals surface area contributed by atoms with Gasteiger partial charge in [0.25, 0.3) is 0 Å². The number of imidazole rings is 1. The second-order valence-corrected chi connectivity index (χ2v) is 5.29. The first-order valence-corrected chi connectivity index (χ1v) is 6.92. The van der Waals surface area contributed by atoms with Crippen molar-refractivity contribution in [1.29, 1.82) is 0 Å². The minimum Gasteiger partial charge on any atom is -0.307 e. The number of amides is 1. The van der Waals surface area contributed by atoms with Crippen LogP contribution >= 0.6 is 11.3 Å². The first-order valence-electron chi connectivity index (χ1n) is 6.04. The number of aryl methyl sites for hydroxylation is 1. The maximum absolute atomic E-state index is 11.9. The van der Waals surface area contributed by atoms with Gasteiger partial charge in [0.15, 0.2) is 0 Å². The second-order valence-electron chi connectivity index (χ2n) is 4.23. The summed E-state index contributed by atoms with van der Waals surface area (Å²) in [5.74, 6) is 0. The Kier molecular flexibility index (Phi) is 3.30. The van der Waals surface area contributed by atoms with E-state index in [0.717, 1.165) is 22.0 Å². The molecule has 1 N–H and O–H groups in total. The summed E-state index contributed by atoms with van der Waals surface area (Å²) in [6.45, 7) is 1.97. The fourth-order valence-corrected chi connectivity index (χ4v) is 2.44. The van der Waals surface area contributed by atoms with Crippen molar-refractivity contribution in [2.45, 2.75) is 6.92 Å². The smallest absolute Gasteiger partial charge is 0.307 e. The highest BCUT2D eigenvalue weighted by Crippen LogP contribution is 2.24. The van der Waals surface area contributed by atoms with Crippen LogP contribution in [-0.4, -0.2) is 20.6 Å². The standard InChI is InChI=1S/C14H12N4OS/c1-10-16-13(8-20-10)11-3-2-4-12(7-11)17-14(19)18-6-5-15-9-18/h2-9H,1H3,(H,17,19). The summed E-state index contributed by atoms with van der Waals surface area (Å²) in [6, 6.07) is 7.38. The molecule has 0 saturated carbocycles. The monoisotopic (exact) mass is 284 g/mol. The molecule has 3 aromatic rings. The fraction of sp³-hybridized carbons (Fsp3) is 0.0714. The van der Waals surface area contributed by atoms with Crippen molar-refractivity contribution in [3.05, 3.63) is 53.4 Å². The molecule has 5 nitrogen and oxygen atoms in total. The molecule has 100 valence electrons. The van der Waals surface area contributed by atoms with E-state index in [4.69, 9.17) is 0 Å². The van der Waals surface area contributed by atoms with Crippen molar-refractivity contribution in [2.75, 3.05) is 5.32 Å². The minimum absolute atomic E-state index is 0.242. The Morgan fingerprint density at radius 1 is 1.40 bits per heavy atom. The quantitative estimate of drug-likeness (QED) is 0.784. The van der Waals surface area contributed by atoms with Gasteiger partial charge in [0, 0.05) is 29.0 Å². The summed E-state index contributed by atoms with van der Waals surface area (Å²) in [7, 11) is 0. The predicted molar refractivity (Wildman–Crippen MR) is 78.9 cm³/mol. The maximum atomic E-state index is 11.9. The van der Waals surface area contributed by atoms with Gasteiger partial charge in [-0.05, 0) is 19.1 Å². The van der Waals surface area contributed by atoms with Gasteiger partial charge in [0.1, 0.15) is 6.33 Å². The van der Waals surface area contributed by atoms with Crippen LogP contribution in [0.25, 0.3) is 11.3 Å². The van der Waals surface area contributed by atoms with Gasteiger partial charge in [0.2, 0.25) is 0 Å². The molecule has 0 radical (unpaired) electrons. The molecule has 0 unspecified atom stereocenters. The molecule has 6 heteroatoms. The Hall–Kier alpha value is -2.47. The molecule has 0 aliphatic heterocycles. The molecule has 20 heavy (non-hydrogen) atoms. The minimum atomic E-state index is -0.242. The van der Waals surface area contributed by atoms with Crippen molar-refractivity contribution in [3.63, 3.8) is 0 Å². The van der Waals surface area contributed by atoms with Gasteiger partial charge in [-0.15, -0.1) is 11.3 Å². The molecule has 0 spiro atoms. The zero-order valence-electron chi connectivity index (χ0n) is 10.8. The zero-order valence-corrected chi connectivity index (χ0v) is 11.6. The van der Waals surface area contributed by atoms with E-state index in [1.165, 1.54) is 10.9 Å². The SMILES string of the molecule is Cc1nc(-c2cccc(NC(=O)n3ccnc3)c2)cs1. The Morgan fingerprint density at radius 3 is 3.00 bits per heavy atom. The Labute approximate surface area is 119 Å². The van der Waals surface area contributed by atoms with E-state index in [1.54, 1.807) is 23.7 Å². The molecule has 0 aliphatic rings. The van der Waals surface area contributed by atoms with E-state index in [1.807, 2.05) is 36.6 Å². The highest BCUT2D eigenvalue weighted by atomic mass is 32.1. The van der Waals surface area contributed by atoms with Crippen LogP contribution in [0.4, 0.5) is 10.5 Å². The van der Waals surface area contributed by atoms with E-state index in [0.29, 0.717) is 0 Å². The molecule has 1 amide bonds. The number of hydrogen-bond acceptors (Lipinski definition) is 4. The second kappa shape index (κ2) is 5.26. The summed E-state index contributed by atoms with van der Waals surface area (Å²) < 4.78 is 1.39. The van der Waals surface area contributed by atoms with Gasteiger partial charge in [-0.2, -0.15) is 0 Å². The summed E-state index contributed by atoms with van der Waals surface area (Å²) >= 11 is 1.61. The summed E-state index contributed by atoms with van der Waals surface area (Å²) in [5, 5.41) is 5.85. The van der Waals surface area contributed by atoms with E-state index < -0.39 is 0 Å². The van der Waals surface area contributed by atoms with Gasteiger partial charge in [0.05, 0.1) is 10.7 Å². The number of aromatic nitrogens is 3. The molecule has 1 aromatic carbocycles. The third kappa shape index (κ3) is 2.60. The molecule has 0 atom stereocenters. The van der Waals surface area contributed by atoms with Gasteiger partial charge in [-0.3, -0.25) is 4.57 Å². The normalized spacial score (nSPS) is 10.4. The Bertz CT molecular complexity index is 733. The first-order chi connectivity index (χ1) is 9.72. The highest BCUT2D eigenvalue weighted by molar-refractivity contribution is 7.09. The Morgan fingerprint density at radius 2 is 2.30 bits per heavy atom. The number of carbonyl (C=O) groups is 1. The van der Waals surface area contributed by atoms with Gasteiger partial charge in [-0.1, -0.05) is 12.1 Å². The van der Waals surface area contributed by atoms with Crippen LogP contribution < -0.4 is 5.32 Å². The summed E-state index contributed by atoms with van der Waals surface area (Å²) in [4.78, 5) is 20.2. The van der Waals surface area contributed by atoms with Crippen LogP contribution in [0.1, 0.15) is 5.01 Å². The molecular formula is C14H12N4OS. The number of carbonyl (C=O) groups excluding carboxylic acids is 1. The van der Waals surface area contributed by atoms with E-state index in [-0.39, 0.29) is 6.03 Å². The van der Waals surface area contributed by atoms with Crippen LogP contribution in [-0.2, 0) is 0 Å². The predicted octanol–water partition coefficient (Wildman–Crippen LogP) is 3.40. The molecule has 0 aliphatic carbocycles. The largest absolute Gasteiger partial charge is 0.331 e. The lowest BCUT2D eigenvalue weighted by Gasteiger charge is -2.06. The molecule has 2 aromatic heterocycles. The van der Waals surface area contributed by atoms with Crippen molar-refractivity contribution in [3.8, 4) is 11.3 Å². The van der Waals surface area contributed by atoms with Crippen molar-refractivity contribution >= 4 is 23.1 Å². The summed E-state index contributed by atoms with van der Waals surface area (Å²) in [5.41, 5.74) is 2.64. The topological polar surface area (TPSA) is 59.8 Å². The van der Waals surface area contributed by atoms with Gasteiger partial charge >= 0.3 is 6.03 Å². The fourth-order valence-electron chi connectivity index (χ4n) is 1.82. The van der Waals surface area contributed by atoms with Crippen molar-refractivity contribution < 1.29 is 4.79 Å². The molecule has 3 rings (SSSR count). The number of rotatable bonds is 2. The van der Waals surface area contributed by atoms with Gasteiger partial charge in [-0.25, -0.2) is 14.8 Å². The number of nitrogens with one attached hydrogen (secondary N) is 1. The molecular weight excluding hydrogens is 272 g/mol.